The van der Waals surface area contributed by atoms with E-state index < -0.39 is 4.92 Å². The summed E-state index contributed by atoms with van der Waals surface area (Å²) in [6, 6.07) is 13.5. The zero-order valence-corrected chi connectivity index (χ0v) is 17.7. The first-order valence-electron chi connectivity index (χ1n) is 11.1. The van der Waals surface area contributed by atoms with Gasteiger partial charge in [0.2, 0.25) is 5.91 Å². The molecule has 1 aromatic carbocycles. The van der Waals surface area contributed by atoms with Gasteiger partial charge in [0.15, 0.2) is 0 Å². The number of aromatic nitrogens is 1. The number of piperazine rings is 1. The van der Waals surface area contributed by atoms with Gasteiger partial charge >= 0.3 is 0 Å². The van der Waals surface area contributed by atoms with Crippen LogP contribution < -0.4 is 9.80 Å². The molecule has 0 unspecified atom stereocenters. The normalized spacial score (nSPS) is 18.0. The molecule has 0 bridgehead atoms. The highest BCUT2D eigenvalue weighted by Gasteiger charge is 2.29. The Morgan fingerprint density at radius 1 is 1.03 bits per heavy atom. The van der Waals surface area contributed by atoms with E-state index in [-0.39, 0.29) is 17.6 Å². The Morgan fingerprint density at radius 2 is 1.74 bits per heavy atom. The fraction of sp³-hybridized carbons (Fsp3) is 0.478. The van der Waals surface area contributed by atoms with Gasteiger partial charge in [-0.1, -0.05) is 37.5 Å². The van der Waals surface area contributed by atoms with Crippen molar-refractivity contribution in [1.82, 2.24) is 9.88 Å². The zero-order valence-electron chi connectivity index (χ0n) is 17.7. The molecular formula is C23H29N5O3. The number of nitro groups is 1. The molecule has 31 heavy (non-hydrogen) atoms. The number of pyridine rings is 1. The highest BCUT2D eigenvalue weighted by Crippen LogP contribution is 2.28. The van der Waals surface area contributed by atoms with Crippen molar-refractivity contribution in [3.63, 3.8) is 0 Å². The summed E-state index contributed by atoms with van der Waals surface area (Å²) in [6.45, 7) is 3.42. The Morgan fingerprint density at radius 3 is 2.35 bits per heavy atom. The summed E-state index contributed by atoms with van der Waals surface area (Å²) in [5.74, 6) is 0.907. The minimum atomic E-state index is -0.439. The number of carbonyl (C=O) groups is 1. The Hall–Kier alpha value is -3.00. The van der Waals surface area contributed by atoms with Crippen LogP contribution in [-0.4, -0.2) is 59.5 Å². The van der Waals surface area contributed by atoms with E-state index in [9.17, 15) is 14.9 Å². The van der Waals surface area contributed by atoms with Crippen LogP contribution in [0.3, 0.4) is 0 Å². The number of nitrogens with zero attached hydrogens (tertiary/aromatic N) is 5. The van der Waals surface area contributed by atoms with Gasteiger partial charge in [0, 0.05) is 44.0 Å². The molecule has 1 saturated heterocycles. The first kappa shape index (κ1) is 21.2. The standard InChI is InChI=1S/C23H29N5O3/c29-23(27(19-7-3-1-4-8-19)20-9-5-2-6-10-20)18-25-13-15-26(16-14-25)22-12-11-21(17-24-22)28(30)31/h1,3-4,7-8,11-12,17,20H,2,5-6,9-10,13-16,18H2. The lowest BCUT2D eigenvalue weighted by Crippen LogP contribution is -2.52. The number of para-hydroxylation sites is 1. The van der Waals surface area contributed by atoms with Crippen molar-refractivity contribution < 1.29 is 9.72 Å². The smallest absolute Gasteiger partial charge is 0.287 e. The lowest BCUT2D eigenvalue weighted by molar-refractivity contribution is -0.385. The average molecular weight is 424 g/mol. The molecular weight excluding hydrogens is 394 g/mol. The number of amides is 1. The molecule has 8 nitrogen and oxygen atoms in total. The second-order valence-corrected chi connectivity index (χ2v) is 8.29. The van der Waals surface area contributed by atoms with Crippen molar-refractivity contribution in [2.24, 2.45) is 0 Å². The van der Waals surface area contributed by atoms with Crippen LogP contribution in [0.1, 0.15) is 32.1 Å². The molecule has 4 rings (SSSR count). The van der Waals surface area contributed by atoms with Crippen molar-refractivity contribution in [2.45, 2.75) is 38.1 Å². The fourth-order valence-corrected chi connectivity index (χ4v) is 4.56. The van der Waals surface area contributed by atoms with Crippen molar-refractivity contribution in [3.8, 4) is 0 Å². The molecule has 2 heterocycles. The van der Waals surface area contributed by atoms with Crippen LogP contribution in [-0.2, 0) is 4.79 Å². The van der Waals surface area contributed by atoms with Gasteiger partial charge < -0.3 is 9.80 Å². The quantitative estimate of drug-likeness (QED) is 0.523. The molecule has 2 fully saturated rings. The summed E-state index contributed by atoms with van der Waals surface area (Å²) in [5.41, 5.74) is 0.991. The van der Waals surface area contributed by atoms with Gasteiger partial charge in [-0.2, -0.15) is 0 Å². The fourth-order valence-electron chi connectivity index (χ4n) is 4.56. The molecule has 1 amide bonds. The number of hydrogen-bond acceptors (Lipinski definition) is 6. The lowest BCUT2D eigenvalue weighted by atomic mass is 9.93. The van der Waals surface area contributed by atoms with E-state index >= 15 is 0 Å². The van der Waals surface area contributed by atoms with E-state index in [1.165, 1.54) is 31.5 Å². The number of anilines is 2. The largest absolute Gasteiger partial charge is 0.354 e. The molecule has 0 spiro atoms. The lowest BCUT2D eigenvalue weighted by Gasteiger charge is -2.38. The van der Waals surface area contributed by atoms with Crippen LogP contribution >= 0.6 is 0 Å². The number of hydrogen-bond donors (Lipinski definition) is 0. The summed E-state index contributed by atoms with van der Waals surface area (Å²) in [4.78, 5) is 34.3. The summed E-state index contributed by atoms with van der Waals surface area (Å²) < 4.78 is 0. The Kier molecular flexibility index (Phi) is 6.76. The van der Waals surface area contributed by atoms with Gasteiger partial charge in [-0.15, -0.1) is 0 Å². The number of rotatable bonds is 6. The molecule has 0 atom stereocenters. The Labute approximate surface area is 182 Å². The minimum Gasteiger partial charge on any atom is -0.354 e. The van der Waals surface area contributed by atoms with Crippen LogP contribution in [0.2, 0.25) is 0 Å². The molecule has 8 heteroatoms. The highest BCUT2D eigenvalue weighted by molar-refractivity contribution is 5.95. The van der Waals surface area contributed by atoms with E-state index in [1.807, 2.05) is 35.2 Å². The predicted molar refractivity (Wildman–Crippen MR) is 120 cm³/mol. The SMILES string of the molecule is O=C(CN1CCN(c2ccc([N+](=O)[O-])cn2)CC1)N(c1ccccc1)C1CCCCC1. The van der Waals surface area contributed by atoms with Crippen molar-refractivity contribution in [1.29, 1.82) is 0 Å². The van der Waals surface area contributed by atoms with Crippen LogP contribution in [0.15, 0.2) is 48.7 Å². The monoisotopic (exact) mass is 423 g/mol. The van der Waals surface area contributed by atoms with Crippen LogP contribution in [0, 0.1) is 10.1 Å². The minimum absolute atomic E-state index is 0.00306. The topological polar surface area (TPSA) is 82.8 Å². The van der Waals surface area contributed by atoms with E-state index in [4.69, 9.17) is 0 Å². The molecule has 1 saturated carbocycles. The maximum atomic E-state index is 13.4. The molecule has 164 valence electrons. The summed E-state index contributed by atoms with van der Waals surface area (Å²) >= 11 is 0. The van der Waals surface area contributed by atoms with Gasteiger partial charge in [0.1, 0.15) is 12.0 Å². The van der Waals surface area contributed by atoms with Crippen LogP contribution in [0.4, 0.5) is 17.2 Å². The summed E-state index contributed by atoms with van der Waals surface area (Å²) in [5, 5.41) is 10.8. The van der Waals surface area contributed by atoms with Crippen molar-refractivity contribution >= 4 is 23.1 Å². The molecule has 1 aromatic heterocycles. The Balaban J connectivity index is 1.37. The van der Waals surface area contributed by atoms with E-state index in [2.05, 4.69) is 14.8 Å². The second-order valence-electron chi connectivity index (χ2n) is 8.29. The maximum Gasteiger partial charge on any atom is 0.287 e. The highest BCUT2D eigenvalue weighted by atomic mass is 16.6. The van der Waals surface area contributed by atoms with Gasteiger partial charge in [-0.3, -0.25) is 19.8 Å². The van der Waals surface area contributed by atoms with E-state index in [0.717, 1.165) is 50.5 Å². The van der Waals surface area contributed by atoms with Gasteiger partial charge in [0.05, 0.1) is 11.5 Å². The van der Waals surface area contributed by atoms with Crippen LogP contribution in [0.5, 0.6) is 0 Å². The average Bonchev–Trinajstić information content (AvgIpc) is 2.81. The predicted octanol–water partition coefficient (Wildman–Crippen LogP) is 3.48. The first-order valence-corrected chi connectivity index (χ1v) is 11.1. The summed E-state index contributed by atoms with van der Waals surface area (Å²) in [7, 11) is 0. The third-order valence-corrected chi connectivity index (χ3v) is 6.24. The van der Waals surface area contributed by atoms with Crippen LogP contribution in [0.25, 0.3) is 0 Å². The van der Waals surface area contributed by atoms with Crippen molar-refractivity contribution in [3.05, 3.63) is 58.8 Å². The molecule has 1 aliphatic heterocycles. The number of benzene rings is 1. The Bertz CT molecular complexity index is 876. The third-order valence-electron chi connectivity index (χ3n) is 6.24. The molecule has 2 aliphatic rings. The molecule has 1 aliphatic carbocycles. The van der Waals surface area contributed by atoms with E-state index in [1.54, 1.807) is 6.07 Å². The zero-order chi connectivity index (χ0) is 21.6. The molecule has 0 radical (unpaired) electrons. The van der Waals surface area contributed by atoms with E-state index in [0.29, 0.717) is 6.54 Å². The maximum absolute atomic E-state index is 13.4. The van der Waals surface area contributed by atoms with Gasteiger partial charge in [0.25, 0.3) is 5.69 Å². The summed E-state index contributed by atoms with van der Waals surface area (Å²) in [6.07, 6.45) is 7.06. The second kappa shape index (κ2) is 9.87. The van der Waals surface area contributed by atoms with Crippen molar-refractivity contribution in [2.75, 3.05) is 42.5 Å². The first-order chi connectivity index (χ1) is 15.1. The van der Waals surface area contributed by atoms with Gasteiger partial charge in [-0.05, 0) is 31.0 Å². The number of carbonyl (C=O) groups excluding carboxylic acids is 1. The van der Waals surface area contributed by atoms with Gasteiger partial charge in [-0.25, -0.2) is 4.98 Å². The molecule has 0 N–H and O–H groups in total. The molecule has 2 aromatic rings. The third kappa shape index (κ3) is 5.19.